The van der Waals surface area contributed by atoms with Gasteiger partial charge in [0.05, 0.1) is 6.54 Å². The molecule has 6 nitrogen and oxygen atoms in total. The summed E-state index contributed by atoms with van der Waals surface area (Å²) < 4.78 is 13.4. The Bertz CT molecular complexity index is 561. The van der Waals surface area contributed by atoms with Crippen LogP contribution in [0.15, 0.2) is 24.3 Å². The molecule has 1 fully saturated rings. The molecule has 23 heavy (non-hydrogen) atoms. The van der Waals surface area contributed by atoms with Gasteiger partial charge in [-0.25, -0.2) is 9.18 Å². The normalized spacial score (nSPS) is 20.0. The summed E-state index contributed by atoms with van der Waals surface area (Å²) in [5.41, 5.74) is 0.438. The van der Waals surface area contributed by atoms with Crippen molar-refractivity contribution in [3.8, 4) is 0 Å². The maximum Gasteiger partial charge on any atom is 0.317 e. The highest BCUT2D eigenvalue weighted by Gasteiger charge is 2.34. The van der Waals surface area contributed by atoms with Gasteiger partial charge in [0.1, 0.15) is 5.82 Å². The van der Waals surface area contributed by atoms with Crippen molar-refractivity contribution < 1.29 is 19.1 Å². The molecule has 0 aromatic heterocycles. The minimum atomic E-state index is -0.842. The summed E-state index contributed by atoms with van der Waals surface area (Å²) in [5, 5.41) is 14.3. The molecular formula is C16H22FN3O3. The number of benzene rings is 1. The van der Waals surface area contributed by atoms with Gasteiger partial charge in [0.2, 0.25) is 0 Å². The van der Waals surface area contributed by atoms with E-state index in [0.29, 0.717) is 12.1 Å². The number of halogens is 1. The third-order valence-electron chi connectivity index (χ3n) is 4.11. The van der Waals surface area contributed by atoms with Crippen LogP contribution in [0, 0.1) is 5.82 Å². The summed E-state index contributed by atoms with van der Waals surface area (Å²) in [4.78, 5) is 24.5. The number of carbonyl (C=O) groups excluding carboxylic acids is 1. The van der Waals surface area contributed by atoms with E-state index in [2.05, 4.69) is 10.6 Å². The molecule has 1 saturated carbocycles. The fraction of sp³-hybridized carbons (Fsp3) is 0.500. The second kappa shape index (κ2) is 7.92. The highest BCUT2D eigenvalue weighted by molar-refractivity contribution is 5.74. The molecule has 1 aromatic rings. The number of carboxylic acid groups (broad SMARTS) is 1. The summed E-state index contributed by atoms with van der Waals surface area (Å²) in [6, 6.07) is 6.18. The molecule has 2 rings (SSSR count). The summed E-state index contributed by atoms with van der Waals surface area (Å²) >= 11 is 0. The highest BCUT2D eigenvalue weighted by atomic mass is 19.1. The van der Waals surface area contributed by atoms with Crippen LogP contribution in [0.3, 0.4) is 0 Å². The zero-order chi connectivity index (χ0) is 16.8. The number of rotatable bonds is 7. The first kappa shape index (κ1) is 17.2. The Morgan fingerprint density at radius 3 is 2.65 bits per heavy atom. The van der Waals surface area contributed by atoms with Gasteiger partial charge in [-0.2, -0.15) is 0 Å². The molecule has 7 heteroatoms. The fourth-order valence-corrected chi connectivity index (χ4v) is 2.73. The lowest BCUT2D eigenvalue weighted by atomic mass is 9.85. The monoisotopic (exact) mass is 323 g/mol. The second-order valence-electron chi connectivity index (χ2n) is 5.70. The number of hydrogen-bond acceptors (Lipinski definition) is 3. The van der Waals surface area contributed by atoms with Crippen molar-refractivity contribution in [2.45, 2.75) is 38.4 Å². The topological polar surface area (TPSA) is 81.7 Å². The van der Waals surface area contributed by atoms with E-state index < -0.39 is 5.97 Å². The number of aliphatic carboxylic acids is 1. The molecule has 2 amide bonds. The first-order valence-corrected chi connectivity index (χ1v) is 7.73. The number of hydrogen-bond donors (Lipinski definition) is 3. The van der Waals surface area contributed by atoms with E-state index in [1.807, 2.05) is 11.8 Å². The summed E-state index contributed by atoms with van der Waals surface area (Å²) in [7, 11) is 0. The Morgan fingerprint density at radius 1 is 1.35 bits per heavy atom. The fourth-order valence-electron chi connectivity index (χ4n) is 2.73. The lowest BCUT2D eigenvalue weighted by molar-refractivity contribution is -0.139. The molecule has 1 aromatic carbocycles. The molecule has 0 aliphatic heterocycles. The van der Waals surface area contributed by atoms with Crippen LogP contribution in [-0.2, 0) is 11.3 Å². The zero-order valence-corrected chi connectivity index (χ0v) is 13.1. The van der Waals surface area contributed by atoms with Gasteiger partial charge in [0.15, 0.2) is 0 Å². The molecule has 0 radical (unpaired) electrons. The van der Waals surface area contributed by atoms with Gasteiger partial charge >= 0.3 is 12.0 Å². The molecule has 1 aliphatic carbocycles. The maximum atomic E-state index is 13.4. The summed E-state index contributed by atoms with van der Waals surface area (Å²) in [5.74, 6) is -1.19. The average Bonchev–Trinajstić information content (AvgIpc) is 2.47. The number of amides is 2. The zero-order valence-electron chi connectivity index (χ0n) is 13.1. The van der Waals surface area contributed by atoms with Gasteiger partial charge in [-0.05, 0) is 25.5 Å². The minimum absolute atomic E-state index is 0.0212. The Morgan fingerprint density at radius 2 is 2.04 bits per heavy atom. The van der Waals surface area contributed by atoms with Crippen molar-refractivity contribution in [2.75, 3.05) is 13.1 Å². The maximum absolute atomic E-state index is 13.4. The lowest BCUT2D eigenvalue weighted by Gasteiger charge is -2.42. The molecule has 0 spiro atoms. The quantitative estimate of drug-likeness (QED) is 0.711. The van der Waals surface area contributed by atoms with Crippen LogP contribution >= 0.6 is 0 Å². The van der Waals surface area contributed by atoms with Crippen LogP contribution < -0.4 is 10.6 Å². The molecule has 0 unspecified atom stereocenters. The van der Waals surface area contributed by atoms with Crippen LogP contribution in [0.2, 0.25) is 0 Å². The Kier molecular flexibility index (Phi) is 5.92. The van der Waals surface area contributed by atoms with Gasteiger partial charge in [-0.3, -0.25) is 9.69 Å². The number of carboxylic acids is 1. The molecule has 0 atom stereocenters. The first-order valence-electron chi connectivity index (χ1n) is 7.73. The van der Waals surface area contributed by atoms with E-state index >= 15 is 0 Å². The van der Waals surface area contributed by atoms with E-state index in [0.717, 1.165) is 12.8 Å². The van der Waals surface area contributed by atoms with Gasteiger partial charge in [-0.15, -0.1) is 0 Å². The Labute approximate surface area is 134 Å². The van der Waals surface area contributed by atoms with Crippen molar-refractivity contribution in [3.05, 3.63) is 35.6 Å². The third-order valence-corrected chi connectivity index (χ3v) is 4.11. The Balaban J connectivity index is 1.70. The number of carbonyl (C=O) groups is 2. The lowest BCUT2D eigenvalue weighted by Crippen LogP contribution is -2.56. The third kappa shape index (κ3) is 4.92. The molecule has 126 valence electrons. The predicted molar refractivity (Wildman–Crippen MR) is 83.5 cm³/mol. The first-order chi connectivity index (χ1) is 11.0. The molecule has 0 heterocycles. The second-order valence-corrected chi connectivity index (χ2v) is 5.70. The number of urea groups is 1. The standard InChI is InChI=1S/C16H22FN3O3/c1-2-20(10-15(21)22)13-7-12(8-13)19-16(23)18-9-11-5-3-4-6-14(11)17/h3-6,12-13H,2,7-10H2,1H3,(H,21,22)(H2,18,19,23). The predicted octanol–water partition coefficient (Wildman–Crippen LogP) is 1.56. The smallest absolute Gasteiger partial charge is 0.317 e. The highest BCUT2D eigenvalue weighted by Crippen LogP contribution is 2.25. The molecular weight excluding hydrogens is 301 g/mol. The van der Waals surface area contributed by atoms with Gasteiger partial charge < -0.3 is 15.7 Å². The van der Waals surface area contributed by atoms with Crippen LogP contribution in [0.4, 0.5) is 9.18 Å². The van der Waals surface area contributed by atoms with E-state index in [4.69, 9.17) is 5.11 Å². The van der Waals surface area contributed by atoms with Crippen molar-refractivity contribution in [1.29, 1.82) is 0 Å². The number of likely N-dealkylation sites (N-methyl/N-ethyl adjacent to an activating group) is 1. The van der Waals surface area contributed by atoms with Crippen molar-refractivity contribution in [3.63, 3.8) is 0 Å². The van der Waals surface area contributed by atoms with Crippen LogP contribution in [0.1, 0.15) is 25.3 Å². The molecule has 1 aliphatic rings. The largest absolute Gasteiger partial charge is 0.480 e. The molecule has 3 N–H and O–H groups in total. The van der Waals surface area contributed by atoms with Crippen LogP contribution in [0.5, 0.6) is 0 Å². The average molecular weight is 323 g/mol. The van der Waals surface area contributed by atoms with Crippen molar-refractivity contribution >= 4 is 12.0 Å². The van der Waals surface area contributed by atoms with E-state index in [-0.39, 0.29) is 37.0 Å². The summed E-state index contributed by atoms with van der Waals surface area (Å²) in [6.07, 6.45) is 1.46. The van der Waals surface area contributed by atoms with Crippen molar-refractivity contribution in [2.24, 2.45) is 0 Å². The summed E-state index contributed by atoms with van der Waals surface area (Å²) in [6.45, 7) is 2.75. The Hall–Kier alpha value is -2.15. The van der Waals surface area contributed by atoms with E-state index in [1.165, 1.54) is 6.07 Å². The SMILES string of the molecule is CCN(CC(=O)O)C1CC(NC(=O)NCc2ccccc2F)C1. The van der Waals surface area contributed by atoms with Gasteiger partial charge in [-0.1, -0.05) is 25.1 Å². The van der Waals surface area contributed by atoms with Crippen LogP contribution in [-0.4, -0.2) is 47.2 Å². The van der Waals surface area contributed by atoms with Crippen LogP contribution in [0.25, 0.3) is 0 Å². The van der Waals surface area contributed by atoms with Crippen molar-refractivity contribution in [1.82, 2.24) is 15.5 Å². The molecule has 0 saturated heterocycles. The van der Waals surface area contributed by atoms with Gasteiger partial charge in [0, 0.05) is 24.2 Å². The van der Waals surface area contributed by atoms with E-state index in [9.17, 15) is 14.0 Å². The number of nitrogens with one attached hydrogen (secondary N) is 2. The minimum Gasteiger partial charge on any atom is -0.480 e. The van der Waals surface area contributed by atoms with Gasteiger partial charge in [0.25, 0.3) is 0 Å². The molecule has 0 bridgehead atoms. The number of nitrogens with zero attached hydrogens (tertiary/aromatic N) is 1. The van der Waals surface area contributed by atoms with E-state index in [1.54, 1.807) is 18.2 Å².